The number of nitrogens with two attached hydrogens (primary N) is 1. The number of rotatable bonds is 3. The summed E-state index contributed by atoms with van der Waals surface area (Å²) in [4.78, 5) is 0.862. The van der Waals surface area contributed by atoms with Crippen LogP contribution in [0.1, 0.15) is 16.7 Å². The van der Waals surface area contributed by atoms with Gasteiger partial charge in [0.05, 0.1) is 16.6 Å². The Labute approximate surface area is 110 Å². The second kappa shape index (κ2) is 5.36. The van der Waals surface area contributed by atoms with E-state index in [0.29, 0.717) is 11.4 Å². The predicted octanol–water partition coefficient (Wildman–Crippen LogP) is 3.19. The van der Waals surface area contributed by atoms with Gasteiger partial charge in [-0.2, -0.15) is 0 Å². The lowest BCUT2D eigenvalue weighted by molar-refractivity contribution is 0.682. The molecule has 2 rings (SSSR count). The molecule has 0 aromatic heterocycles. The first-order valence-corrected chi connectivity index (χ1v) is 7.19. The van der Waals surface area contributed by atoms with E-state index in [-0.39, 0.29) is 0 Å². The van der Waals surface area contributed by atoms with Crippen LogP contribution in [-0.2, 0) is 16.6 Å². The SMILES string of the molecule is Cc1ccc(S(=O)Cc2ccccc2N)cc1C. The summed E-state index contributed by atoms with van der Waals surface area (Å²) in [7, 11) is -1.04. The van der Waals surface area contributed by atoms with Gasteiger partial charge in [-0.25, -0.2) is 0 Å². The number of nitrogen functional groups attached to an aromatic ring is 1. The Morgan fingerprint density at radius 1 is 1.06 bits per heavy atom. The van der Waals surface area contributed by atoms with Crippen molar-refractivity contribution in [3.05, 3.63) is 59.2 Å². The summed E-state index contributed by atoms with van der Waals surface area (Å²) in [5.41, 5.74) is 9.89. The molecule has 18 heavy (non-hydrogen) atoms. The summed E-state index contributed by atoms with van der Waals surface area (Å²) in [6, 6.07) is 13.5. The smallest absolute Gasteiger partial charge is 0.0575 e. The first-order chi connectivity index (χ1) is 8.58. The van der Waals surface area contributed by atoms with E-state index in [1.54, 1.807) is 0 Å². The van der Waals surface area contributed by atoms with E-state index in [9.17, 15) is 4.21 Å². The fourth-order valence-electron chi connectivity index (χ4n) is 1.75. The van der Waals surface area contributed by atoms with Gasteiger partial charge in [0.25, 0.3) is 0 Å². The number of hydrogen-bond donors (Lipinski definition) is 1. The van der Waals surface area contributed by atoms with Crippen molar-refractivity contribution < 1.29 is 4.21 Å². The van der Waals surface area contributed by atoms with Gasteiger partial charge in [0.1, 0.15) is 0 Å². The van der Waals surface area contributed by atoms with E-state index < -0.39 is 10.8 Å². The molecule has 1 unspecified atom stereocenters. The fraction of sp³-hybridized carbons (Fsp3) is 0.200. The number of para-hydroxylation sites is 1. The number of anilines is 1. The standard InChI is InChI=1S/C15H17NOS/c1-11-7-8-14(9-12(11)2)18(17)10-13-5-3-4-6-15(13)16/h3-9H,10,16H2,1-2H3. The van der Waals surface area contributed by atoms with Gasteiger partial charge in [0, 0.05) is 10.6 Å². The Morgan fingerprint density at radius 2 is 1.78 bits per heavy atom. The lowest BCUT2D eigenvalue weighted by Crippen LogP contribution is -2.00. The third kappa shape index (κ3) is 2.79. The topological polar surface area (TPSA) is 43.1 Å². The van der Waals surface area contributed by atoms with Crippen LogP contribution in [0.5, 0.6) is 0 Å². The molecule has 2 N–H and O–H groups in total. The molecule has 94 valence electrons. The van der Waals surface area contributed by atoms with E-state index >= 15 is 0 Å². The summed E-state index contributed by atoms with van der Waals surface area (Å²) in [6.07, 6.45) is 0. The molecule has 1 atom stereocenters. The summed E-state index contributed by atoms with van der Waals surface area (Å²) >= 11 is 0. The minimum absolute atomic E-state index is 0.467. The molecular weight excluding hydrogens is 242 g/mol. The Morgan fingerprint density at radius 3 is 2.44 bits per heavy atom. The Bertz CT molecular complexity index is 593. The monoisotopic (exact) mass is 259 g/mol. The van der Waals surface area contributed by atoms with Crippen molar-refractivity contribution in [1.29, 1.82) is 0 Å². The lowest BCUT2D eigenvalue weighted by Gasteiger charge is -2.07. The molecule has 0 heterocycles. The van der Waals surface area contributed by atoms with E-state index in [1.807, 2.05) is 49.4 Å². The van der Waals surface area contributed by atoms with E-state index in [4.69, 9.17) is 5.73 Å². The van der Waals surface area contributed by atoms with Gasteiger partial charge < -0.3 is 5.73 Å². The molecule has 0 fully saturated rings. The van der Waals surface area contributed by atoms with Crippen LogP contribution >= 0.6 is 0 Å². The Balaban J connectivity index is 2.22. The minimum atomic E-state index is -1.04. The molecule has 0 saturated heterocycles. The largest absolute Gasteiger partial charge is 0.398 e. The molecule has 2 aromatic carbocycles. The molecule has 0 aliphatic heterocycles. The molecule has 0 saturated carbocycles. The highest BCUT2D eigenvalue weighted by Crippen LogP contribution is 2.19. The van der Waals surface area contributed by atoms with Gasteiger partial charge in [0.2, 0.25) is 0 Å². The highest BCUT2D eigenvalue weighted by molar-refractivity contribution is 7.84. The summed E-state index contributed by atoms with van der Waals surface area (Å²) in [6.45, 7) is 4.09. The van der Waals surface area contributed by atoms with E-state index in [2.05, 4.69) is 6.92 Å². The molecule has 0 aliphatic rings. The quantitative estimate of drug-likeness (QED) is 0.860. The maximum absolute atomic E-state index is 12.3. The highest BCUT2D eigenvalue weighted by atomic mass is 32.2. The van der Waals surface area contributed by atoms with Crippen LogP contribution in [0.4, 0.5) is 5.69 Å². The van der Waals surface area contributed by atoms with Gasteiger partial charge in [-0.05, 0) is 48.7 Å². The zero-order chi connectivity index (χ0) is 13.1. The first kappa shape index (κ1) is 12.8. The third-order valence-corrected chi connectivity index (χ3v) is 4.44. The number of hydrogen-bond acceptors (Lipinski definition) is 2. The minimum Gasteiger partial charge on any atom is -0.398 e. The normalized spacial score (nSPS) is 12.3. The second-order valence-electron chi connectivity index (χ2n) is 4.43. The van der Waals surface area contributed by atoms with Crippen LogP contribution in [0.15, 0.2) is 47.4 Å². The van der Waals surface area contributed by atoms with Crippen molar-refractivity contribution in [1.82, 2.24) is 0 Å². The van der Waals surface area contributed by atoms with Gasteiger partial charge in [0.15, 0.2) is 0 Å². The maximum Gasteiger partial charge on any atom is 0.0575 e. The van der Waals surface area contributed by atoms with Crippen LogP contribution in [0, 0.1) is 13.8 Å². The van der Waals surface area contributed by atoms with E-state index in [0.717, 1.165) is 10.5 Å². The van der Waals surface area contributed by atoms with Crippen molar-refractivity contribution in [2.75, 3.05) is 5.73 Å². The number of benzene rings is 2. The Hall–Kier alpha value is -1.61. The van der Waals surface area contributed by atoms with Crippen molar-refractivity contribution in [3.8, 4) is 0 Å². The zero-order valence-corrected chi connectivity index (χ0v) is 11.5. The zero-order valence-electron chi connectivity index (χ0n) is 10.6. The van der Waals surface area contributed by atoms with Crippen LogP contribution < -0.4 is 5.73 Å². The maximum atomic E-state index is 12.3. The van der Waals surface area contributed by atoms with Crippen molar-refractivity contribution >= 4 is 16.5 Å². The van der Waals surface area contributed by atoms with Crippen molar-refractivity contribution in [2.45, 2.75) is 24.5 Å². The molecule has 0 bridgehead atoms. The molecule has 2 nitrogen and oxygen atoms in total. The highest BCUT2D eigenvalue weighted by Gasteiger charge is 2.08. The molecule has 2 aromatic rings. The van der Waals surface area contributed by atoms with E-state index in [1.165, 1.54) is 11.1 Å². The average molecular weight is 259 g/mol. The van der Waals surface area contributed by atoms with Crippen molar-refractivity contribution in [3.63, 3.8) is 0 Å². The van der Waals surface area contributed by atoms with Gasteiger partial charge >= 0.3 is 0 Å². The first-order valence-electron chi connectivity index (χ1n) is 5.87. The molecule has 0 radical (unpaired) electrons. The van der Waals surface area contributed by atoms with Crippen LogP contribution in [0.25, 0.3) is 0 Å². The van der Waals surface area contributed by atoms with Gasteiger partial charge in [-0.15, -0.1) is 0 Å². The predicted molar refractivity (Wildman–Crippen MR) is 76.9 cm³/mol. The van der Waals surface area contributed by atoms with Crippen LogP contribution in [0.3, 0.4) is 0 Å². The summed E-state index contributed by atoms with van der Waals surface area (Å²) in [5, 5.41) is 0. The van der Waals surface area contributed by atoms with Crippen molar-refractivity contribution in [2.24, 2.45) is 0 Å². The second-order valence-corrected chi connectivity index (χ2v) is 5.89. The van der Waals surface area contributed by atoms with Gasteiger partial charge in [-0.1, -0.05) is 24.3 Å². The molecule has 3 heteroatoms. The summed E-state index contributed by atoms with van der Waals surface area (Å²) in [5.74, 6) is 0.467. The molecule has 0 aliphatic carbocycles. The van der Waals surface area contributed by atoms with Crippen LogP contribution in [0.2, 0.25) is 0 Å². The molecule has 0 spiro atoms. The van der Waals surface area contributed by atoms with Crippen LogP contribution in [-0.4, -0.2) is 4.21 Å². The lowest BCUT2D eigenvalue weighted by atomic mass is 10.1. The van der Waals surface area contributed by atoms with Gasteiger partial charge in [-0.3, -0.25) is 4.21 Å². The number of aryl methyl sites for hydroxylation is 2. The fourth-order valence-corrected chi connectivity index (χ4v) is 2.99. The third-order valence-electron chi connectivity index (χ3n) is 3.08. The molecular formula is C15H17NOS. The summed E-state index contributed by atoms with van der Waals surface area (Å²) < 4.78 is 12.3. The Kier molecular flexibility index (Phi) is 3.82. The average Bonchev–Trinajstić information content (AvgIpc) is 2.35. The molecule has 0 amide bonds.